The molecular weight excluding hydrogens is 376 g/mol. The standard InChI is InChI=1S/C29H20N2/c1-2-6-20-17(5-1)15-18-9-10-19-16-24-23(27(19)26(18)20)12-11-22-21-7-3-4-8-25(21)31-14-13-30-29(31)28(22)24/h1,3-5,7-14H,2,6,15-16H2. The molecule has 2 heterocycles. The molecule has 0 radical (unpaired) electrons. The first-order chi connectivity index (χ1) is 15.4. The van der Waals surface area contributed by atoms with Crippen LogP contribution in [-0.2, 0) is 12.8 Å². The van der Waals surface area contributed by atoms with Gasteiger partial charge in [0.25, 0.3) is 0 Å². The van der Waals surface area contributed by atoms with Gasteiger partial charge in [-0.1, -0.05) is 54.6 Å². The Morgan fingerprint density at radius 1 is 0.839 bits per heavy atom. The Morgan fingerprint density at radius 3 is 2.71 bits per heavy atom. The molecule has 3 aromatic carbocycles. The maximum Gasteiger partial charge on any atom is 0.145 e. The Bertz CT molecular complexity index is 1680. The number of aromatic nitrogens is 2. The van der Waals surface area contributed by atoms with Crippen molar-refractivity contribution in [3.8, 4) is 11.1 Å². The molecule has 0 saturated heterocycles. The number of para-hydroxylation sites is 1. The highest BCUT2D eigenvalue weighted by Gasteiger charge is 2.31. The number of rotatable bonds is 0. The van der Waals surface area contributed by atoms with Crippen molar-refractivity contribution in [2.75, 3.05) is 0 Å². The average Bonchev–Trinajstić information content (AvgIpc) is 3.53. The summed E-state index contributed by atoms with van der Waals surface area (Å²) in [5, 5.41) is 3.94. The third-order valence-corrected chi connectivity index (χ3v) is 7.60. The number of fused-ring (bicyclic) bond motifs is 13. The van der Waals surface area contributed by atoms with Crippen molar-refractivity contribution in [2.45, 2.75) is 25.7 Å². The van der Waals surface area contributed by atoms with Gasteiger partial charge < -0.3 is 0 Å². The van der Waals surface area contributed by atoms with Crippen molar-refractivity contribution in [1.82, 2.24) is 9.38 Å². The fourth-order valence-corrected chi connectivity index (χ4v) is 6.34. The van der Waals surface area contributed by atoms with Crippen LogP contribution >= 0.6 is 0 Å². The van der Waals surface area contributed by atoms with E-state index in [1.807, 2.05) is 6.20 Å². The van der Waals surface area contributed by atoms with Crippen LogP contribution in [0.3, 0.4) is 0 Å². The topological polar surface area (TPSA) is 17.3 Å². The Kier molecular flexibility index (Phi) is 2.87. The van der Waals surface area contributed by atoms with Crippen LogP contribution in [0.25, 0.3) is 44.0 Å². The van der Waals surface area contributed by atoms with Gasteiger partial charge in [-0.2, -0.15) is 0 Å². The van der Waals surface area contributed by atoms with Crippen molar-refractivity contribution in [3.05, 3.63) is 101 Å². The monoisotopic (exact) mass is 396 g/mol. The minimum Gasteiger partial charge on any atom is -0.299 e. The first-order valence-electron chi connectivity index (χ1n) is 11.2. The smallest absolute Gasteiger partial charge is 0.145 e. The first-order valence-corrected chi connectivity index (χ1v) is 11.2. The molecule has 146 valence electrons. The van der Waals surface area contributed by atoms with Crippen LogP contribution in [0.4, 0.5) is 0 Å². The highest BCUT2D eigenvalue weighted by Crippen LogP contribution is 2.51. The van der Waals surface area contributed by atoms with Gasteiger partial charge in [0.15, 0.2) is 0 Å². The van der Waals surface area contributed by atoms with Crippen LogP contribution in [0, 0.1) is 0 Å². The molecule has 2 nitrogen and oxygen atoms in total. The summed E-state index contributed by atoms with van der Waals surface area (Å²) in [5.74, 6) is 0. The predicted octanol–water partition coefficient (Wildman–Crippen LogP) is 6.87. The molecule has 0 bridgehead atoms. The molecule has 3 aliphatic rings. The normalized spacial score (nSPS) is 16.3. The summed E-state index contributed by atoms with van der Waals surface area (Å²) in [6.45, 7) is 0. The minimum absolute atomic E-state index is 0.995. The second-order valence-corrected chi connectivity index (χ2v) is 9.08. The largest absolute Gasteiger partial charge is 0.299 e. The van der Waals surface area contributed by atoms with E-state index in [4.69, 9.17) is 4.98 Å². The van der Waals surface area contributed by atoms with Gasteiger partial charge in [-0.15, -0.1) is 0 Å². The lowest BCUT2D eigenvalue weighted by molar-refractivity contribution is 1.04. The van der Waals surface area contributed by atoms with E-state index in [2.05, 4.69) is 71.3 Å². The van der Waals surface area contributed by atoms with Crippen LogP contribution in [0.1, 0.15) is 35.1 Å². The zero-order chi connectivity index (χ0) is 20.1. The first kappa shape index (κ1) is 16.1. The molecule has 0 atom stereocenters. The summed E-state index contributed by atoms with van der Waals surface area (Å²) >= 11 is 0. The van der Waals surface area contributed by atoms with Crippen molar-refractivity contribution in [3.63, 3.8) is 0 Å². The summed E-state index contributed by atoms with van der Waals surface area (Å²) < 4.78 is 2.26. The summed E-state index contributed by atoms with van der Waals surface area (Å²) in [5.41, 5.74) is 14.3. The minimum atomic E-state index is 0.995. The number of hydrogen-bond donors (Lipinski definition) is 0. The molecule has 31 heavy (non-hydrogen) atoms. The highest BCUT2D eigenvalue weighted by molar-refractivity contribution is 6.15. The fraction of sp³-hybridized carbons (Fsp3) is 0.138. The van der Waals surface area contributed by atoms with Crippen molar-refractivity contribution in [1.29, 1.82) is 0 Å². The number of benzene rings is 3. The zero-order valence-electron chi connectivity index (χ0n) is 17.2. The molecule has 0 amide bonds. The Hall–Kier alpha value is -3.65. The van der Waals surface area contributed by atoms with Gasteiger partial charge in [0.2, 0.25) is 0 Å². The Balaban J connectivity index is 1.51. The maximum atomic E-state index is 4.82. The van der Waals surface area contributed by atoms with E-state index in [0.29, 0.717) is 0 Å². The second-order valence-electron chi connectivity index (χ2n) is 9.08. The molecule has 5 aromatic rings. The van der Waals surface area contributed by atoms with Gasteiger partial charge in [-0.25, -0.2) is 4.98 Å². The third kappa shape index (κ3) is 1.91. The quantitative estimate of drug-likeness (QED) is 0.256. The van der Waals surface area contributed by atoms with Crippen LogP contribution in [-0.4, -0.2) is 9.38 Å². The van der Waals surface area contributed by atoms with Crippen LogP contribution in [0.5, 0.6) is 0 Å². The highest BCUT2D eigenvalue weighted by atomic mass is 15.0. The average molecular weight is 396 g/mol. The number of pyridine rings is 1. The van der Waals surface area contributed by atoms with E-state index < -0.39 is 0 Å². The second kappa shape index (κ2) is 5.53. The van der Waals surface area contributed by atoms with Crippen molar-refractivity contribution < 1.29 is 0 Å². The molecular formula is C29H20N2. The van der Waals surface area contributed by atoms with E-state index in [1.54, 1.807) is 5.57 Å². The van der Waals surface area contributed by atoms with Crippen molar-refractivity contribution in [2.24, 2.45) is 0 Å². The lowest BCUT2D eigenvalue weighted by Gasteiger charge is -2.15. The van der Waals surface area contributed by atoms with Crippen LogP contribution in [0.15, 0.2) is 78.6 Å². The lowest BCUT2D eigenvalue weighted by atomic mass is 9.89. The lowest BCUT2D eigenvalue weighted by Crippen LogP contribution is -1.94. The molecule has 0 fully saturated rings. The van der Waals surface area contributed by atoms with Crippen LogP contribution in [0.2, 0.25) is 0 Å². The number of nitrogens with zero attached hydrogens (tertiary/aromatic N) is 2. The molecule has 0 unspecified atom stereocenters. The molecule has 0 spiro atoms. The molecule has 0 N–H and O–H groups in total. The van der Waals surface area contributed by atoms with Crippen LogP contribution < -0.4 is 0 Å². The molecule has 3 aliphatic carbocycles. The number of hydrogen-bond acceptors (Lipinski definition) is 1. The number of allylic oxidation sites excluding steroid dienone is 4. The molecule has 2 heteroatoms. The van der Waals surface area contributed by atoms with Gasteiger partial charge >= 0.3 is 0 Å². The zero-order valence-corrected chi connectivity index (χ0v) is 17.2. The van der Waals surface area contributed by atoms with Gasteiger partial charge in [-0.3, -0.25) is 4.40 Å². The molecule has 0 saturated carbocycles. The SMILES string of the molecule is C1=CC2=C(CC1)c1c(ccc3c1-c1ccc4c5ccccc5n5ccnc5c4c1C3)C2. The summed E-state index contributed by atoms with van der Waals surface area (Å²) in [4.78, 5) is 4.82. The van der Waals surface area contributed by atoms with Gasteiger partial charge in [0.1, 0.15) is 5.65 Å². The van der Waals surface area contributed by atoms with Crippen molar-refractivity contribution >= 4 is 32.9 Å². The van der Waals surface area contributed by atoms with Gasteiger partial charge in [-0.05, 0) is 81.7 Å². The molecule has 8 rings (SSSR count). The fourth-order valence-electron chi connectivity index (χ4n) is 6.34. The van der Waals surface area contributed by atoms with E-state index in [1.165, 1.54) is 67.1 Å². The predicted molar refractivity (Wildman–Crippen MR) is 127 cm³/mol. The third-order valence-electron chi connectivity index (χ3n) is 7.60. The van der Waals surface area contributed by atoms with Gasteiger partial charge in [0, 0.05) is 23.2 Å². The summed E-state index contributed by atoms with van der Waals surface area (Å²) in [6.07, 6.45) is 13.2. The van der Waals surface area contributed by atoms with Gasteiger partial charge in [0.05, 0.1) is 5.52 Å². The van der Waals surface area contributed by atoms with E-state index in [9.17, 15) is 0 Å². The summed E-state index contributed by atoms with van der Waals surface area (Å²) in [7, 11) is 0. The van der Waals surface area contributed by atoms with E-state index in [0.717, 1.165) is 24.9 Å². The Morgan fingerprint density at radius 2 is 1.74 bits per heavy atom. The molecule has 2 aromatic heterocycles. The Labute approximate surface area is 180 Å². The maximum absolute atomic E-state index is 4.82. The van der Waals surface area contributed by atoms with E-state index >= 15 is 0 Å². The summed E-state index contributed by atoms with van der Waals surface area (Å²) in [6, 6.07) is 18.2. The molecule has 0 aliphatic heterocycles. The van der Waals surface area contributed by atoms with E-state index in [-0.39, 0.29) is 0 Å². The number of imidazole rings is 1.